The minimum atomic E-state index is -0.573. The minimum absolute atomic E-state index is 0.0867. The van der Waals surface area contributed by atoms with Gasteiger partial charge < -0.3 is 19.6 Å². The number of aliphatic hydroxyl groups is 1. The highest BCUT2D eigenvalue weighted by molar-refractivity contribution is 5.91. The highest BCUT2D eigenvalue weighted by atomic mass is 16.5. The zero-order chi connectivity index (χ0) is 17.7. The number of hydrogen-bond acceptors (Lipinski definition) is 4. The van der Waals surface area contributed by atoms with Gasteiger partial charge in [0.15, 0.2) is 5.76 Å². The van der Waals surface area contributed by atoms with Crippen LogP contribution in [0.3, 0.4) is 0 Å². The molecule has 0 spiro atoms. The molecule has 2 N–H and O–H groups in total. The van der Waals surface area contributed by atoms with Gasteiger partial charge in [0.2, 0.25) is 0 Å². The summed E-state index contributed by atoms with van der Waals surface area (Å²) in [5, 5.41) is 12.4. The van der Waals surface area contributed by atoms with Gasteiger partial charge in [-0.25, -0.2) is 0 Å². The second kappa shape index (κ2) is 8.02. The summed E-state index contributed by atoms with van der Waals surface area (Å²) >= 11 is 0. The summed E-state index contributed by atoms with van der Waals surface area (Å²) in [7, 11) is 0. The molecule has 5 nitrogen and oxygen atoms in total. The standard InChI is InChI=1S/C19H25NO4/c1-12(2)16(21)10-20-19(22)18-8-6-15(24-18)11-23-17-7-5-13(3)9-14(17)4/h5-9,12,16,21H,10-11H2,1-4H3,(H,20,22). The van der Waals surface area contributed by atoms with Crippen LogP contribution in [0.25, 0.3) is 0 Å². The molecule has 0 fully saturated rings. The summed E-state index contributed by atoms with van der Waals surface area (Å²) in [6.45, 7) is 8.27. The van der Waals surface area contributed by atoms with Crippen molar-refractivity contribution in [3.05, 3.63) is 53.0 Å². The fraction of sp³-hybridized carbons (Fsp3) is 0.421. The third-order valence-corrected chi connectivity index (χ3v) is 3.83. The summed E-state index contributed by atoms with van der Waals surface area (Å²) in [5.41, 5.74) is 2.24. The van der Waals surface area contributed by atoms with E-state index in [-0.39, 0.29) is 30.7 Å². The summed E-state index contributed by atoms with van der Waals surface area (Å²) in [6.07, 6.45) is -0.573. The smallest absolute Gasteiger partial charge is 0.287 e. The average molecular weight is 331 g/mol. The van der Waals surface area contributed by atoms with E-state index in [1.54, 1.807) is 12.1 Å². The van der Waals surface area contributed by atoms with Gasteiger partial charge in [0.05, 0.1) is 6.10 Å². The van der Waals surface area contributed by atoms with Crippen molar-refractivity contribution in [2.75, 3.05) is 6.54 Å². The third-order valence-electron chi connectivity index (χ3n) is 3.83. The Hall–Kier alpha value is -2.27. The summed E-state index contributed by atoms with van der Waals surface area (Å²) in [4.78, 5) is 12.0. The molecule has 0 radical (unpaired) electrons. The molecule has 0 aliphatic rings. The van der Waals surface area contributed by atoms with Crippen molar-refractivity contribution in [2.24, 2.45) is 5.92 Å². The van der Waals surface area contributed by atoms with E-state index in [1.807, 2.05) is 39.8 Å². The maximum atomic E-state index is 12.0. The van der Waals surface area contributed by atoms with Gasteiger partial charge in [-0.2, -0.15) is 0 Å². The van der Waals surface area contributed by atoms with E-state index in [0.717, 1.165) is 11.3 Å². The average Bonchev–Trinajstić information content (AvgIpc) is 3.00. The summed E-state index contributed by atoms with van der Waals surface area (Å²) in [5.74, 6) is 1.33. The van der Waals surface area contributed by atoms with Crippen molar-refractivity contribution in [2.45, 2.75) is 40.4 Å². The Labute approximate surface area is 142 Å². The summed E-state index contributed by atoms with van der Waals surface area (Å²) < 4.78 is 11.2. The molecule has 0 saturated heterocycles. The van der Waals surface area contributed by atoms with Crippen LogP contribution in [0.4, 0.5) is 0 Å². The van der Waals surface area contributed by atoms with Crippen molar-refractivity contribution >= 4 is 5.91 Å². The maximum absolute atomic E-state index is 12.0. The lowest BCUT2D eigenvalue weighted by Gasteiger charge is -2.14. The van der Waals surface area contributed by atoms with Gasteiger partial charge in [-0.05, 0) is 43.5 Å². The predicted molar refractivity (Wildman–Crippen MR) is 92.1 cm³/mol. The molecule has 0 aliphatic heterocycles. The fourth-order valence-electron chi connectivity index (χ4n) is 2.21. The van der Waals surface area contributed by atoms with Gasteiger partial charge in [-0.1, -0.05) is 31.5 Å². The van der Waals surface area contributed by atoms with E-state index in [2.05, 4.69) is 11.4 Å². The predicted octanol–water partition coefficient (Wildman–Crippen LogP) is 3.22. The Morgan fingerprint density at radius 2 is 2.00 bits per heavy atom. The molecule has 1 aromatic carbocycles. The molecule has 1 amide bonds. The number of aryl methyl sites for hydroxylation is 2. The Bertz CT molecular complexity index is 690. The highest BCUT2D eigenvalue weighted by Gasteiger charge is 2.15. The Kier molecular flexibility index (Phi) is 6.04. The molecule has 5 heteroatoms. The molecule has 1 atom stereocenters. The Morgan fingerprint density at radius 3 is 2.67 bits per heavy atom. The van der Waals surface area contributed by atoms with E-state index in [1.165, 1.54) is 5.56 Å². The normalized spacial score (nSPS) is 12.2. The van der Waals surface area contributed by atoms with E-state index in [9.17, 15) is 9.90 Å². The molecule has 2 rings (SSSR count). The van der Waals surface area contributed by atoms with Crippen LogP contribution in [-0.2, 0) is 6.61 Å². The topological polar surface area (TPSA) is 71.7 Å². The summed E-state index contributed by atoms with van der Waals surface area (Å²) in [6, 6.07) is 9.30. The van der Waals surface area contributed by atoms with Crippen molar-refractivity contribution in [3.8, 4) is 5.75 Å². The van der Waals surface area contributed by atoms with Crippen molar-refractivity contribution in [1.29, 1.82) is 0 Å². The minimum Gasteiger partial charge on any atom is -0.485 e. The quantitative estimate of drug-likeness (QED) is 0.817. The molecule has 1 unspecified atom stereocenters. The first-order chi connectivity index (χ1) is 11.4. The van der Waals surface area contributed by atoms with E-state index in [4.69, 9.17) is 9.15 Å². The first kappa shape index (κ1) is 18.1. The SMILES string of the molecule is Cc1ccc(OCc2ccc(C(=O)NCC(O)C(C)C)o2)c(C)c1. The van der Waals surface area contributed by atoms with Crippen molar-refractivity contribution in [3.63, 3.8) is 0 Å². The van der Waals surface area contributed by atoms with Crippen LogP contribution in [-0.4, -0.2) is 23.7 Å². The number of ether oxygens (including phenoxy) is 1. The molecule has 2 aromatic rings. The zero-order valence-electron chi connectivity index (χ0n) is 14.6. The lowest BCUT2D eigenvalue weighted by molar-refractivity contribution is 0.0843. The second-order valence-electron chi connectivity index (χ2n) is 6.34. The number of aliphatic hydroxyl groups excluding tert-OH is 1. The van der Waals surface area contributed by atoms with Gasteiger partial charge in [-0.3, -0.25) is 4.79 Å². The van der Waals surface area contributed by atoms with Crippen LogP contribution < -0.4 is 10.1 Å². The first-order valence-corrected chi connectivity index (χ1v) is 8.12. The van der Waals surface area contributed by atoms with E-state index in [0.29, 0.717) is 5.76 Å². The van der Waals surface area contributed by atoms with Crippen LogP contribution in [0.2, 0.25) is 0 Å². The molecule has 1 aromatic heterocycles. The van der Waals surface area contributed by atoms with Crippen molar-refractivity contribution < 1.29 is 19.1 Å². The van der Waals surface area contributed by atoms with E-state index >= 15 is 0 Å². The lowest BCUT2D eigenvalue weighted by Crippen LogP contribution is -2.34. The number of amides is 1. The lowest BCUT2D eigenvalue weighted by atomic mass is 10.1. The second-order valence-corrected chi connectivity index (χ2v) is 6.34. The molecule has 0 saturated carbocycles. The van der Waals surface area contributed by atoms with Crippen LogP contribution in [0.1, 0.15) is 41.3 Å². The third kappa shape index (κ3) is 4.86. The van der Waals surface area contributed by atoms with Gasteiger partial charge in [0.1, 0.15) is 18.1 Å². The number of nitrogens with one attached hydrogen (secondary N) is 1. The molecule has 1 heterocycles. The molecule has 0 aliphatic carbocycles. The highest BCUT2D eigenvalue weighted by Crippen LogP contribution is 2.20. The number of carbonyl (C=O) groups is 1. The Balaban J connectivity index is 1.89. The molecular weight excluding hydrogens is 306 g/mol. The van der Waals surface area contributed by atoms with Gasteiger partial charge >= 0.3 is 0 Å². The van der Waals surface area contributed by atoms with Crippen LogP contribution in [0.15, 0.2) is 34.7 Å². The van der Waals surface area contributed by atoms with Crippen molar-refractivity contribution in [1.82, 2.24) is 5.32 Å². The van der Waals surface area contributed by atoms with Crippen LogP contribution in [0.5, 0.6) is 5.75 Å². The molecule has 130 valence electrons. The van der Waals surface area contributed by atoms with Crippen LogP contribution in [0, 0.1) is 19.8 Å². The number of furan rings is 1. The maximum Gasteiger partial charge on any atom is 0.287 e. The van der Waals surface area contributed by atoms with Gasteiger partial charge in [-0.15, -0.1) is 0 Å². The monoisotopic (exact) mass is 331 g/mol. The number of rotatable bonds is 7. The fourth-order valence-corrected chi connectivity index (χ4v) is 2.21. The number of hydrogen-bond donors (Lipinski definition) is 2. The number of benzene rings is 1. The number of carbonyl (C=O) groups excluding carboxylic acids is 1. The largest absolute Gasteiger partial charge is 0.485 e. The van der Waals surface area contributed by atoms with Gasteiger partial charge in [0, 0.05) is 6.54 Å². The zero-order valence-corrected chi connectivity index (χ0v) is 14.6. The van der Waals surface area contributed by atoms with E-state index < -0.39 is 6.10 Å². The molecule has 24 heavy (non-hydrogen) atoms. The van der Waals surface area contributed by atoms with Gasteiger partial charge in [0.25, 0.3) is 5.91 Å². The first-order valence-electron chi connectivity index (χ1n) is 8.12. The van der Waals surface area contributed by atoms with Crippen LogP contribution >= 0.6 is 0 Å². The molecular formula is C19H25NO4. The Morgan fingerprint density at radius 1 is 1.25 bits per heavy atom. The molecule has 0 bridgehead atoms.